The first-order chi connectivity index (χ1) is 19.2. The highest BCUT2D eigenvalue weighted by Gasteiger charge is 2.53. The molecule has 2 aliphatic rings. The molecule has 2 saturated heterocycles. The predicted octanol–water partition coefficient (Wildman–Crippen LogP) is -0.232. The Labute approximate surface area is 238 Å². The number of phenols is 1. The summed E-state index contributed by atoms with van der Waals surface area (Å²) in [6, 6.07) is 3.77. The van der Waals surface area contributed by atoms with Crippen LogP contribution < -0.4 is 15.4 Å². The third-order valence-corrected chi connectivity index (χ3v) is 5.65. The maximum Gasteiger partial charge on any atom is 0.303 e. The van der Waals surface area contributed by atoms with E-state index in [4.69, 9.17) is 40.6 Å². The summed E-state index contributed by atoms with van der Waals surface area (Å²) in [7, 11) is 0. The Bertz CT molecular complexity index is 1290. The van der Waals surface area contributed by atoms with E-state index in [0.29, 0.717) is 0 Å². The summed E-state index contributed by atoms with van der Waals surface area (Å²) in [4.78, 5) is 71.5. The largest absolute Gasteiger partial charge is 0.507 e. The van der Waals surface area contributed by atoms with Crippen LogP contribution in [-0.4, -0.2) is 83.2 Å². The van der Waals surface area contributed by atoms with Gasteiger partial charge in [-0.25, -0.2) is 0 Å². The topological polar surface area (TPSA) is 202 Å². The van der Waals surface area contributed by atoms with E-state index in [0.717, 1.165) is 39.8 Å². The molecule has 0 spiro atoms. The highest BCUT2D eigenvalue weighted by molar-refractivity contribution is 7.80. The second-order valence-corrected chi connectivity index (χ2v) is 9.11. The van der Waals surface area contributed by atoms with Crippen LogP contribution in [0.4, 0.5) is 0 Å². The maximum absolute atomic E-state index is 12.1. The van der Waals surface area contributed by atoms with Crippen molar-refractivity contribution in [2.75, 3.05) is 6.61 Å². The quantitative estimate of drug-likeness (QED) is 0.117. The lowest BCUT2D eigenvalue weighted by atomic mass is 9.98. The fourth-order valence-electron chi connectivity index (χ4n) is 3.90. The Hall–Kier alpha value is -4.57. The monoisotopic (exact) mass is 594 g/mol. The molecule has 0 aromatic heterocycles. The molecular formula is C25H26N2O13S. The van der Waals surface area contributed by atoms with Crippen molar-refractivity contribution in [3.8, 4) is 11.5 Å². The van der Waals surface area contributed by atoms with E-state index in [9.17, 15) is 33.9 Å². The van der Waals surface area contributed by atoms with Gasteiger partial charge in [0, 0.05) is 39.3 Å². The number of esters is 4. The zero-order chi connectivity index (χ0) is 30.4. The van der Waals surface area contributed by atoms with Crippen LogP contribution >= 0.6 is 12.2 Å². The van der Waals surface area contributed by atoms with Gasteiger partial charge in [0.15, 0.2) is 17.3 Å². The number of hydrogen-bond acceptors (Lipinski definition) is 14. The van der Waals surface area contributed by atoms with Gasteiger partial charge in [-0.05, 0) is 30.4 Å². The van der Waals surface area contributed by atoms with Gasteiger partial charge in [-0.15, -0.1) is 0 Å². The maximum atomic E-state index is 12.1. The average molecular weight is 595 g/mol. The highest BCUT2D eigenvalue weighted by Crippen LogP contribution is 2.33. The van der Waals surface area contributed by atoms with Crippen molar-refractivity contribution in [3.63, 3.8) is 0 Å². The molecule has 41 heavy (non-hydrogen) atoms. The summed E-state index contributed by atoms with van der Waals surface area (Å²) in [5.41, 5.74) is -0.255. The lowest BCUT2D eigenvalue weighted by Gasteiger charge is -2.43. The molecule has 2 amide bonds. The number of benzene rings is 1. The molecule has 0 bridgehead atoms. The number of phenolic OH excluding ortho intramolecular Hbond substituents is 1. The number of thiocarbonyl (C=S) groups is 1. The van der Waals surface area contributed by atoms with E-state index in [1.807, 2.05) is 0 Å². The molecule has 15 nitrogen and oxygen atoms in total. The lowest BCUT2D eigenvalue weighted by Crippen LogP contribution is -2.63. The number of amides is 2. The minimum atomic E-state index is -1.53. The molecule has 16 heteroatoms. The second kappa shape index (κ2) is 13.2. The minimum Gasteiger partial charge on any atom is -0.507 e. The van der Waals surface area contributed by atoms with Crippen molar-refractivity contribution >= 4 is 59.1 Å². The van der Waals surface area contributed by atoms with Crippen LogP contribution in [0, 0.1) is 0 Å². The van der Waals surface area contributed by atoms with Gasteiger partial charge in [-0.1, -0.05) is 0 Å². The molecule has 3 N–H and O–H groups in total. The van der Waals surface area contributed by atoms with Crippen LogP contribution in [0.3, 0.4) is 0 Å². The first kappa shape index (κ1) is 31.0. The van der Waals surface area contributed by atoms with Crippen molar-refractivity contribution in [1.29, 1.82) is 0 Å². The molecule has 1 aromatic rings. The first-order valence-electron chi connectivity index (χ1n) is 11.9. The van der Waals surface area contributed by atoms with Gasteiger partial charge >= 0.3 is 23.9 Å². The highest BCUT2D eigenvalue weighted by atomic mass is 32.1. The van der Waals surface area contributed by atoms with Crippen molar-refractivity contribution in [2.45, 2.75) is 58.4 Å². The number of carbonyl (C=O) groups is 6. The van der Waals surface area contributed by atoms with E-state index in [-0.39, 0.29) is 22.0 Å². The van der Waals surface area contributed by atoms with E-state index in [1.54, 1.807) is 0 Å². The molecule has 0 unspecified atom stereocenters. The molecule has 2 heterocycles. The van der Waals surface area contributed by atoms with E-state index >= 15 is 0 Å². The normalized spacial score (nSPS) is 23.9. The number of carbonyl (C=O) groups excluding carboxylic acids is 6. The molecule has 220 valence electrons. The van der Waals surface area contributed by atoms with Gasteiger partial charge < -0.3 is 33.5 Å². The fraction of sp³-hybridized carbons (Fsp3) is 0.400. The van der Waals surface area contributed by atoms with Gasteiger partial charge in [-0.2, -0.15) is 0 Å². The number of aromatic hydroxyl groups is 1. The van der Waals surface area contributed by atoms with Crippen molar-refractivity contribution < 1.29 is 62.3 Å². The SMILES string of the molecule is CC(=O)OC[C@H]1O[C@@H](Oc2ccc(C=C3C(=O)NC(=S)NC3=O)c(O)c2)[C@H](OC(C)=O)[C@@H](OC(C)=O)[C@@H]1OC(C)=O. The zero-order valence-corrected chi connectivity index (χ0v) is 23.0. The summed E-state index contributed by atoms with van der Waals surface area (Å²) in [6.45, 7) is 3.92. The van der Waals surface area contributed by atoms with Crippen LogP contribution in [0.15, 0.2) is 23.8 Å². The number of rotatable bonds is 8. The standard InChI is InChI=1S/C25H26N2O13S/c1-10(28)35-9-18-19(36-11(2)29)20(37-12(3)30)21(38-13(4)31)24(40-18)39-15-6-5-14(17(32)8-15)7-16-22(33)26-25(41)27-23(16)34/h5-8,18-21,24,32H,9H2,1-4H3,(H2,26,27,33,34,41)/t18-,19-,20+,21-,24-/m1/s1. The van der Waals surface area contributed by atoms with Crippen LogP contribution in [-0.2, 0) is 52.5 Å². The molecule has 5 atom stereocenters. The number of nitrogens with one attached hydrogen (secondary N) is 2. The van der Waals surface area contributed by atoms with Crippen LogP contribution in [0.2, 0.25) is 0 Å². The van der Waals surface area contributed by atoms with Gasteiger partial charge in [0.2, 0.25) is 12.4 Å². The van der Waals surface area contributed by atoms with Crippen LogP contribution in [0.5, 0.6) is 11.5 Å². The fourth-order valence-corrected chi connectivity index (χ4v) is 4.08. The van der Waals surface area contributed by atoms with Crippen molar-refractivity contribution in [1.82, 2.24) is 10.6 Å². The molecule has 0 aliphatic carbocycles. The molecule has 2 fully saturated rings. The Morgan fingerprint density at radius 3 is 2.00 bits per heavy atom. The predicted molar refractivity (Wildman–Crippen MR) is 138 cm³/mol. The third kappa shape index (κ3) is 8.21. The second-order valence-electron chi connectivity index (χ2n) is 8.70. The Balaban J connectivity index is 1.95. The van der Waals surface area contributed by atoms with Crippen LogP contribution in [0.25, 0.3) is 6.08 Å². The Kier molecular flexibility index (Phi) is 9.96. The summed E-state index contributed by atoms with van der Waals surface area (Å²) in [5.74, 6) is -5.12. The van der Waals surface area contributed by atoms with Crippen LogP contribution in [0.1, 0.15) is 33.3 Å². The van der Waals surface area contributed by atoms with E-state index < -0.39 is 78.8 Å². The molecule has 0 saturated carbocycles. The number of ether oxygens (including phenoxy) is 6. The Morgan fingerprint density at radius 2 is 1.46 bits per heavy atom. The van der Waals surface area contributed by atoms with E-state index in [2.05, 4.69) is 10.6 Å². The third-order valence-electron chi connectivity index (χ3n) is 5.45. The van der Waals surface area contributed by atoms with Crippen molar-refractivity contribution in [3.05, 3.63) is 29.3 Å². The van der Waals surface area contributed by atoms with E-state index in [1.165, 1.54) is 12.1 Å². The molecule has 3 rings (SSSR count). The van der Waals surface area contributed by atoms with Gasteiger partial charge in [0.05, 0.1) is 0 Å². The molecule has 0 radical (unpaired) electrons. The summed E-state index contributed by atoms with van der Waals surface area (Å²) in [6.07, 6.45) is -5.96. The summed E-state index contributed by atoms with van der Waals surface area (Å²) >= 11 is 4.75. The van der Waals surface area contributed by atoms with Gasteiger partial charge in [0.25, 0.3) is 11.8 Å². The van der Waals surface area contributed by atoms with Gasteiger partial charge in [0.1, 0.15) is 29.8 Å². The molecule has 1 aromatic carbocycles. The summed E-state index contributed by atoms with van der Waals surface area (Å²) < 4.78 is 32.7. The number of hydrogen-bond donors (Lipinski definition) is 3. The first-order valence-corrected chi connectivity index (χ1v) is 12.3. The Morgan fingerprint density at radius 1 is 0.902 bits per heavy atom. The zero-order valence-electron chi connectivity index (χ0n) is 22.2. The molecule has 2 aliphatic heterocycles. The molecular weight excluding hydrogens is 568 g/mol. The summed E-state index contributed by atoms with van der Waals surface area (Å²) in [5, 5.41) is 15.0. The van der Waals surface area contributed by atoms with Crippen molar-refractivity contribution in [2.24, 2.45) is 0 Å². The lowest BCUT2D eigenvalue weighted by molar-refractivity contribution is -0.288. The average Bonchev–Trinajstić information content (AvgIpc) is 2.84. The van der Waals surface area contributed by atoms with Gasteiger partial charge in [-0.3, -0.25) is 39.4 Å². The smallest absolute Gasteiger partial charge is 0.303 e. The minimum absolute atomic E-state index is 0.0516.